The highest BCUT2D eigenvalue weighted by molar-refractivity contribution is 5.29. The molecule has 0 aliphatic carbocycles. The Morgan fingerprint density at radius 1 is 1.14 bits per heavy atom. The van der Waals surface area contributed by atoms with Crippen molar-refractivity contribution in [2.24, 2.45) is 0 Å². The molecule has 0 amide bonds. The van der Waals surface area contributed by atoms with Crippen molar-refractivity contribution in [3.8, 4) is 11.8 Å². The first-order valence-electron chi connectivity index (χ1n) is 5.01. The van der Waals surface area contributed by atoms with Crippen LogP contribution in [0.2, 0.25) is 0 Å². The summed E-state index contributed by atoms with van der Waals surface area (Å²) >= 11 is 0. The lowest BCUT2D eigenvalue weighted by atomic mass is 10.1. The number of unbranched alkanes of at least 4 members (excludes halogenated alkanes) is 1. The van der Waals surface area contributed by atoms with Crippen molar-refractivity contribution in [1.29, 1.82) is 0 Å². The second-order valence-corrected chi connectivity index (χ2v) is 3.21. The van der Waals surface area contributed by atoms with E-state index >= 15 is 0 Å². The summed E-state index contributed by atoms with van der Waals surface area (Å²) in [5.41, 5.74) is 2.12. The molecular formula is C13H16O. The van der Waals surface area contributed by atoms with Crippen LogP contribution >= 0.6 is 0 Å². The van der Waals surface area contributed by atoms with E-state index in [0.717, 1.165) is 30.4 Å². The highest BCUT2D eigenvalue weighted by atomic mass is 16.3. The van der Waals surface area contributed by atoms with Gasteiger partial charge in [-0.3, -0.25) is 0 Å². The maximum absolute atomic E-state index is 9.07. The number of hydrogen-bond acceptors (Lipinski definition) is 1. The first-order valence-corrected chi connectivity index (χ1v) is 5.01. The van der Waals surface area contributed by atoms with E-state index in [9.17, 15) is 0 Å². The second-order valence-electron chi connectivity index (χ2n) is 3.21. The summed E-state index contributed by atoms with van der Waals surface area (Å²) in [5, 5.41) is 9.07. The summed E-state index contributed by atoms with van der Waals surface area (Å²) in [7, 11) is 0. The molecule has 0 saturated carbocycles. The summed E-state index contributed by atoms with van der Waals surface area (Å²) in [5.74, 6) is 6.22. The van der Waals surface area contributed by atoms with Crippen molar-refractivity contribution in [3.63, 3.8) is 0 Å². The van der Waals surface area contributed by atoms with Gasteiger partial charge in [0.25, 0.3) is 0 Å². The molecule has 1 rings (SSSR count). The predicted molar refractivity (Wildman–Crippen MR) is 58.8 cm³/mol. The van der Waals surface area contributed by atoms with E-state index in [1.165, 1.54) is 0 Å². The summed E-state index contributed by atoms with van der Waals surface area (Å²) < 4.78 is 0. The molecule has 0 fully saturated rings. The van der Waals surface area contributed by atoms with Gasteiger partial charge < -0.3 is 5.11 Å². The van der Waals surface area contributed by atoms with Crippen LogP contribution in [0.1, 0.15) is 30.9 Å². The number of hydrogen-bond donors (Lipinski definition) is 1. The zero-order valence-corrected chi connectivity index (χ0v) is 8.59. The number of aliphatic hydroxyl groups excluding tert-OH is 1. The van der Waals surface area contributed by atoms with Gasteiger partial charge in [-0.1, -0.05) is 37.1 Å². The fraction of sp³-hybridized carbons (Fsp3) is 0.385. The van der Waals surface area contributed by atoms with Crippen LogP contribution < -0.4 is 0 Å². The quantitative estimate of drug-likeness (QED) is 0.723. The fourth-order valence-electron chi connectivity index (χ4n) is 1.26. The first-order chi connectivity index (χ1) is 6.88. The maximum Gasteiger partial charge on any atom is 0.0684 e. The Balaban J connectivity index is 2.63. The van der Waals surface area contributed by atoms with Crippen molar-refractivity contribution < 1.29 is 5.11 Å². The van der Waals surface area contributed by atoms with Gasteiger partial charge in [-0.2, -0.15) is 0 Å². The summed E-state index contributed by atoms with van der Waals surface area (Å²) in [6.07, 6.45) is 2.81. The molecule has 0 aliphatic heterocycles. The monoisotopic (exact) mass is 188 g/mol. The van der Waals surface area contributed by atoms with E-state index in [1.807, 2.05) is 24.3 Å². The van der Waals surface area contributed by atoms with Crippen LogP contribution in [0.15, 0.2) is 24.3 Å². The molecule has 1 nitrogen and oxygen atoms in total. The van der Waals surface area contributed by atoms with E-state index in [2.05, 4.69) is 18.8 Å². The number of benzene rings is 1. The maximum atomic E-state index is 9.07. The Morgan fingerprint density at radius 3 is 2.50 bits per heavy atom. The van der Waals surface area contributed by atoms with Gasteiger partial charge in [-0.05, 0) is 17.5 Å². The van der Waals surface area contributed by atoms with Crippen molar-refractivity contribution in [2.75, 3.05) is 0 Å². The van der Waals surface area contributed by atoms with Gasteiger partial charge >= 0.3 is 0 Å². The molecule has 0 heterocycles. The van der Waals surface area contributed by atoms with Gasteiger partial charge in [0.2, 0.25) is 0 Å². The SMILES string of the molecule is CCCC#CCc1ccccc1CO. The van der Waals surface area contributed by atoms with Crippen LogP contribution in [0.4, 0.5) is 0 Å². The third-order valence-electron chi connectivity index (χ3n) is 2.07. The number of aliphatic hydroxyl groups is 1. The van der Waals surface area contributed by atoms with Crippen LogP contribution in [0.5, 0.6) is 0 Å². The van der Waals surface area contributed by atoms with Crippen molar-refractivity contribution in [2.45, 2.75) is 32.8 Å². The zero-order valence-electron chi connectivity index (χ0n) is 8.59. The Morgan fingerprint density at radius 2 is 1.86 bits per heavy atom. The third-order valence-corrected chi connectivity index (χ3v) is 2.07. The third kappa shape index (κ3) is 3.24. The molecule has 1 N–H and O–H groups in total. The van der Waals surface area contributed by atoms with Gasteiger partial charge in [-0.15, -0.1) is 5.92 Å². The van der Waals surface area contributed by atoms with E-state index in [-0.39, 0.29) is 6.61 Å². The van der Waals surface area contributed by atoms with E-state index in [1.54, 1.807) is 0 Å². The van der Waals surface area contributed by atoms with E-state index in [4.69, 9.17) is 5.11 Å². The molecule has 1 heteroatoms. The lowest BCUT2D eigenvalue weighted by molar-refractivity contribution is 0.281. The smallest absolute Gasteiger partial charge is 0.0684 e. The highest BCUT2D eigenvalue weighted by Crippen LogP contribution is 2.08. The molecule has 0 bridgehead atoms. The summed E-state index contributed by atoms with van der Waals surface area (Å²) in [6, 6.07) is 7.88. The molecule has 1 aromatic rings. The fourth-order valence-corrected chi connectivity index (χ4v) is 1.26. The molecule has 0 atom stereocenters. The lowest BCUT2D eigenvalue weighted by Crippen LogP contribution is -1.91. The molecule has 0 unspecified atom stereocenters. The van der Waals surface area contributed by atoms with Crippen LogP contribution in [0.3, 0.4) is 0 Å². The molecule has 0 radical (unpaired) electrons. The highest BCUT2D eigenvalue weighted by Gasteiger charge is 1.96. The van der Waals surface area contributed by atoms with Gasteiger partial charge in [0.1, 0.15) is 0 Å². The van der Waals surface area contributed by atoms with Gasteiger partial charge in [0.15, 0.2) is 0 Å². The average molecular weight is 188 g/mol. The topological polar surface area (TPSA) is 20.2 Å². The van der Waals surface area contributed by atoms with E-state index < -0.39 is 0 Å². The van der Waals surface area contributed by atoms with E-state index in [0.29, 0.717) is 0 Å². The molecule has 0 saturated heterocycles. The minimum Gasteiger partial charge on any atom is -0.392 e. The molecule has 74 valence electrons. The van der Waals surface area contributed by atoms with Gasteiger partial charge in [0.05, 0.1) is 6.61 Å². The summed E-state index contributed by atoms with van der Waals surface area (Å²) in [6.45, 7) is 2.22. The Hall–Kier alpha value is -1.26. The van der Waals surface area contributed by atoms with Crippen LogP contribution in [-0.2, 0) is 13.0 Å². The van der Waals surface area contributed by atoms with Crippen molar-refractivity contribution in [1.82, 2.24) is 0 Å². The van der Waals surface area contributed by atoms with Gasteiger partial charge in [0, 0.05) is 12.8 Å². The Bertz CT molecular complexity index is 331. The van der Waals surface area contributed by atoms with Crippen LogP contribution in [-0.4, -0.2) is 5.11 Å². The second kappa shape index (κ2) is 6.23. The van der Waals surface area contributed by atoms with Gasteiger partial charge in [-0.25, -0.2) is 0 Å². The number of rotatable bonds is 3. The molecule has 0 aromatic heterocycles. The lowest BCUT2D eigenvalue weighted by Gasteiger charge is -2.01. The molecule has 14 heavy (non-hydrogen) atoms. The average Bonchev–Trinajstić information content (AvgIpc) is 2.25. The standard InChI is InChI=1S/C13H16O/c1-2-3-4-5-8-12-9-6-7-10-13(12)11-14/h6-7,9-10,14H,2-3,8,11H2,1H3. The molecular weight excluding hydrogens is 172 g/mol. The largest absolute Gasteiger partial charge is 0.392 e. The minimum atomic E-state index is 0.103. The normalized spacial score (nSPS) is 9.29. The molecule has 1 aromatic carbocycles. The minimum absolute atomic E-state index is 0.103. The van der Waals surface area contributed by atoms with Crippen molar-refractivity contribution >= 4 is 0 Å². The Labute approximate surface area is 85.8 Å². The molecule has 0 spiro atoms. The van der Waals surface area contributed by atoms with Crippen molar-refractivity contribution in [3.05, 3.63) is 35.4 Å². The predicted octanol–water partition coefficient (Wildman–Crippen LogP) is 2.52. The van der Waals surface area contributed by atoms with Crippen LogP contribution in [0, 0.1) is 11.8 Å². The first kappa shape index (κ1) is 10.8. The van der Waals surface area contributed by atoms with Crippen LogP contribution in [0.25, 0.3) is 0 Å². The Kier molecular flexibility index (Phi) is 4.82. The summed E-state index contributed by atoms with van der Waals surface area (Å²) in [4.78, 5) is 0. The zero-order chi connectivity index (χ0) is 10.2. The molecule has 0 aliphatic rings.